The largest absolute Gasteiger partial charge is 0.368 e. The Morgan fingerprint density at radius 3 is 2.41 bits per heavy atom. The maximum absolute atomic E-state index is 13.1. The molecule has 0 spiro atoms. The van der Waals surface area contributed by atoms with E-state index >= 15 is 0 Å². The van der Waals surface area contributed by atoms with Gasteiger partial charge in [0.25, 0.3) is 15.9 Å². The van der Waals surface area contributed by atoms with Gasteiger partial charge < -0.3 is 9.80 Å². The van der Waals surface area contributed by atoms with E-state index in [0.717, 1.165) is 22.6 Å². The quantitative estimate of drug-likeness (QED) is 0.580. The van der Waals surface area contributed by atoms with Crippen molar-refractivity contribution >= 4 is 49.7 Å². The summed E-state index contributed by atoms with van der Waals surface area (Å²) >= 11 is 7.15. The van der Waals surface area contributed by atoms with E-state index in [1.807, 2.05) is 31.2 Å². The first kappa shape index (κ1) is 22.6. The second-order valence-corrected chi connectivity index (χ2v) is 10.7. The summed E-state index contributed by atoms with van der Waals surface area (Å²) < 4.78 is 27.8. The molecule has 0 bridgehead atoms. The van der Waals surface area contributed by atoms with Gasteiger partial charge in [-0.1, -0.05) is 46.7 Å². The van der Waals surface area contributed by atoms with Crippen LogP contribution in [0.2, 0.25) is 5.02 Å². The van der Waals surface area contributed by atoms with E-state index in [-0.39, 0.29) is 15.9 Å². The number of nitrogens with zero attached hydrogens (tertiary/aromatic N) is 3. The number of amides is 1. The number of sulfonamides is 1. The molecule has 32 heavy (non-hydrogen) atoms. The number of carbonyl (C=O) groups is 1. The van der Waals surface area contributed by atoms with Crippen LogP contribution < -0.4 is 9.62 Å². The van der Waals surface area contributed by atoms with E-state index in [0.29, 0.717) is 41.8 Å². The zero-order valence-corrected chi connectivity index (χ0v) is 20.1. The number of carbonyl (C=O) groups excluding carboxylic acids is 1. The number of anilines is 2. The highest BCUT2D eigenvalue weighted by atomic mass is 35.5. The van der Waals surface area contributed by atoms with E-state index in [4.69, 9.17) is 11.6 Å². The molecule has 0 atom stereocenters. The number of hydrogen-bond donors (Lipinski definition) is 1. The van der Waals surface area contributed by atoms with Gasteiger partial charge in [-0.15, -0.1) is 0 Å². The minimum Gasteiger partial charge on any atom is -0.368 e. The summed E-state index contributed by atoms with van der Waals surface area (Å²) in [6.07, 6.45) is 0. The number of hydrogen-bond acceptors (Lipinski definition) is 6. The van der Waals surface area contributed by atoms with E-state index in [2.05, 4.69) is 14.6 Å². The molecule has 168 valence electrons. The van der Waals surface area contributed by atoms with Crippen molar-refractivity contribution in [2.45, 2.75) is 18.7 Å². The minimum atomic E-state index is -3.77. The highest BCUT2D eigenvalue weighted by Gasteiger charge is 2.27. The molecule has 7 nitrogen and oxygen atoms in total. The first-order chi connectivity index (χ1) is 15.2. The highest BCUT2D eigenvalue weighted by Crippen LogP contribution is 2.27. The number of benzene rings is 2. The SMILES string of the molecule is Cc1ccc(S(=O)(=O)Nc2nc(C)c(C(=O)N3CCN(c4cccc(Cl)c4)CC3)s2)cc1. The van der Waals surface area contributed by atoms with Gasteiger partial charge >= 0.3 is 0 Å². The van der Waals surface area contributed by atoms with Crippen LogP contribution in [-0.2, 0) is 10.0 Å². The molecule has 0 aliphatic carbocycles. The van der Waals surface area contributed by atoms with Crippen LogP contribution in [0.15, 0.2) is 53.4 Å². The number of piperazine rings is 1. The first-order valence-corrected chi connectivity index (χ1v) is 12.8. The van der Waals surface area contributed by atoms with Crippen LogP contribution in [-0.4, -0.2) is 50.4 Å². The molecule has 1 aliphatic rings. The Labute approximate surface area is 196 Å². The van der Waals surface area contributed by atoms with Gasteiger partial charge in [-0.2, -0.15) is 0 Å². The smallest absolute Gasteiger partial charge is 0.266 e. The van der Waals surface area contributed by atoms with E-state index in [9.17, 15) is 13.2 Å². The maximum atomic E-state index is 13.1. The fraction of sp³-hybridized carbons (Fsp3) is 0.273. The second kappa shape index (κ2) is 9.09. The van der Waals surface area contributed by atoms with E-state index in [1.54, 1.807) is 36.1 Å². The lowest BCUT2D eigenvalue weighted by Crippen LogP contribution is -2.48. The summed E-state index contributed by atoms with van der Waals surface area (Å²) in [5.41, 5.74) is 2.52. The standard InChI is InChI=1S/C22H23ClN4O3S2/c1-15-6-8-19(9-7-15)32(29,30)25-22-24-16(2)20(31-22)21(28)27-12-10-26(11-13-27)18-5-3-4-17(23)14-18/h3-9,14H,10-13H2,1-2H3,(H,24,25). The van der Waals surface area contributed by atoms with Gasteiger partial charge in [0.05, 0.1) is 10.6 Å². The predicted octanol–water partition coefficient (Wildman–Crippen LogP) is 4.18. The van der Waals surface area contributed by atoms with Crippen LogP contribution in [0.4, 0.5) is 10.8 Å². The molecule has 1 amide bonds. The number of halogens is 1. The molecule has 1 fully saturated rings. The molecular weight excluding hydrogens is 468 g/mol. The Hall–Kier alpha value is -2.62. The van der Waals surface area contributed by atoms with Gasteiger partial charge in [0.2, 0.25) is 0 Å². The molecule has 3 aromatic rings. The van der Waals surface area contributed by atoms with Gasteiger partial charge in [-0.3, -0.25) is 9.52 Å². The molecule has 2 aromatic carbocycles. The van der Waals surface area contributed by atoms with Crippen molar-refractivity contribution in [3.63, 3.8) is 0 Å². The lowest BCUT2D eigenvalue weighted by molar-refractivity contribution is 0.0750. The first-order valence-electron chi connectivity index (χ1n) is 10.1. The number of aromatic nitrogens is 1. The Morgan fingerprint density at radius 1 is 1.06 bits per heavy atom. The van der Waals surface area contributed by atoms with Crippen LogP contribution in [0.5, 0.6) is 0 Å². The van der Waals surface area contributed by atoms with Gasteiger partial charge in [-0.25, -0.2) is 13.4 Å². The average molecular weight is 491 g/mol. The zero-order chi connectivity index (χ0) is 22.9. The summed E-state index contributed by atoms with van der Waals surface area (Å²) in [5, 5.41) is 0.867. The van der Waals surface area contributed by atoms with Crippen molar-refractivity contribution in [2.24, 2.45) is 0 Å². The van der Waals surface area contributed by atoms with Crippen molar-refractivity contribution in [1.82, 2.24) is 9.88 Å². The third-order valence-electron chi connectivity index (χ3n) is 5.28. The van der Waals surface area contributed by atoms with E-state index in [1.165, 1.54) is 0 Å². The normalized spacial score (nSPS) is 14.5. The van der Waals surface area contributed by atoms with Gasteiger partial charge in [0, 0.05) is 36.9 Å². The van der Waals surface area contributed by atoms with Crippen LogP contribution in [0.3, 0.4) is 0 Å². The maximum Gasteiger partial charge on any atom is 0.266 e. The van der Waals surface area contributed by atoms with Crippen molar-refractivity contribution in [1.29, 1.82) is 0 Å². The molecule has 0 saturated carbocycles. The third-order valence-corrected chi connectivity index (χ3v) is 8.06. The molecule has 10 heteroatoms. The molecule has 4 rings (SSSR count). The summed E-state index contributed by atoms with van der Waals surface area (Å²) in [6, 6.07) is 14.2. The van der Waals surface area contributed by atoms with Crippen molar-refractivity contribution in [2.75, 3.05) is 35.8 Å². The molecule has 1 N–H and O–H groups in total. The minimum absolute atomic E-state index is 0.133. The number of thiazole rings is 1. The molecule has 1 aromatic heterocycles. The predicted molar refractivity (Wildman–Crippen MR) is 128 cm³/mol. The zero-order valence-electron chi connectivity index (χ0n) is 17.7. The summed E-state index contributed by atoms with van der Waals surface area (Å²) in [7, 11) is -3.77. The fourth-order valence-electron chi connectivity index (χ4n) is 3.51. The van der Waals surface area contributed by atoms with Gasteiger partial charge in [0.1, 0.15) is 4.88 Å². The van der Waals surface area contributed by atoms with Gasteiger partial charge in [-0.05, 0) is 44.2 Å². The van der Waals surface area contributed by atoms with Crippen molar-refractivity contribution < 1.29 is 13.2 Å². The Morgan fingerprint density at radius 2 is 1.75 bits per heavy atom. The molecule has 1 saturated heterocycles. The summed E-state index contributed by atoms with van der Waals surface area (Å²) in [4.78, 5) is 21.9. The lowest BCUT2D eigenvalue weighted by Gasteiger charge is -2.36. The lowest BCUT2D eigenvalue weighted by atomic mass is 10.2. The molecular formula is C22H23ClN4O3S2. The Bertz CT molecular complexity index is 1230. The summed E-state index contributed by atoms with van der Waals surface area (Å²) in [5.74, 6) is -0.133. The topological polar surface area (TPSA) is 82.6 Å². The molecule has 0 unspecified atom stereocenters. The third kappa shape index (κ3) is 4.90. The Balaban J connectivity index is 1.43. The monoisotopic (exact) mass is 490 g/mol. The Kier molecular flexibility index (Phi) is 6.41. The number of aryl methyl sites for hydroxylation is 2. The van der Waals surface area contributed by atoms with Crippen LogP contribution in [0.25, 0.3) is 0 Å². The molecule has 1 aliphatic heterocycles. The van der Waals surface area contributed by atoms with Crippen LogP contribution in [0, 0.1) is 13.8 Å². The summed E-state index contributed by atoms with van der Waals surface area (Å²) in [6.45, 7) is 6.12. The second-order valence-electron chi connectivity index (χ2n) is 7.61. The van der Waals surface area contributed by atoms with E-state index < -0.39 is 10.0 Å². The van der Waals surface area contributed by atoms with Crippen LogP contribution >= 0.6 is 22.9 Å². The average Bonchev–Trinajstić information content (AvgIpc) is 3.13. The highest BCUT2D eigenvalue weighted by molar-refractivity contribution is 7.93. The van der Waals surface area contributed by atoms with Gasteiger partial charge in [0.15, 0.2) is 5.13 Å². The number of rotatable bonds is 5. The van der Waals surface area contributed by atoms with Crippen LogP contribution in [0.1, 0.15) is 20.9 Å². The molecule has 0 radical (unpaired) electrons. The van der Waals surface area contributed by atoms with Crippen molar-refractivity contribution in [3.05, 3.63) is 69.7 Å². The number of nitrogens with one attached hydrogen (secondary N) is 1. The van der Waals surface area contributed by atoms with Crippen molar-refractivity contribution in [3.8, 4) is 0 Å². The fourth-order valence-corrected chi connectivity index (χ4v) is 5.87. The molecule has 2 heterocycles.